The molecule has 20 heavy (non-hydrogen) atoms. The van der Waals surface area contributed by atoms with Gasteiger partial charge in [-0.15, -0.1) is 0 Å². The first kappa shape index (κ1) is 15.2. The van der Waals surface area contributed by atoms with Crippen LogP contribution in [0.4, 0.5) is 0 Å². The molecule has 0 aliphatic heterocycles. The summed E-state index contributed by atoms with van der Waals surface area (Å²) in [6.07, 6.45) is 2.52. The third-order valence-corrected chi connectivity index (χ3v) is 16.2. The molecule has 0 bridgehead atoms. The molecule has 2 heteroatoms. The molecule has 0 saturated heterocycles. The van der Waals surface area contributed by atoms with Crippen LogP contribution < -0.4 is 7.16 Å². The van der Waals surface area contributed by atoms with Crippen LogP contribution in [0, 0.1) is 0 Å². The molecule has 0 aromatic heterocycles. The molecule has 0 fully saturated rings. The van der Waals surface area contributed by atoms with Crippen molar-refractivity contribution in [2.24, 2.45) is 0 Å². The van der Waals surface area contributed by atoms with Gasteiger partial charge in [-0.2, -0.15) is 0 Å². The molecular formula is C18H26Sn2. The zero-order valence-electron chi connectivity index (χ0n) is 13.7. The van der Waals surface area contributed by atoms with Gasteiger partial charge in [0.15, 0.2) is 0 Å². The maximum atomic E-state index is 2.57. The predicted octanol–water partition coefficient (Wildman–Crippen LogP) is 4.03. The standard InChI is InChI=1S/C12H8.6CH3.2Sn/c1-3-9-4-2-6-11-8-7-10(5-1)12(9)11;;;;;;;;/h1-2,5-6H,7-8H2;6*1H3;;. The monoisotopic (exact) mass is 482 g/mol. The van der Waals surface area contributed by atoms with Gasteiger partial charge in [0.25, 0.3) is 0 Å². The van der Waals surface area contributed by atoms with Crippen LogP contribution in [0.1, 0.15) is 11.1 Å². The first-order valence-corrected chi connectivity index (χ1v) is 27.8. The summed E-state index contributed by atoms with van der Waals surface area (Å²) < 4.78 is 3.53. The van der Waals surface area contributed by atoms with Crippen molar-refractivity contribution in [3.8, 4) is 0 Å². The molecule has 2 aromatic carbocycles. The fourth-order valence-corrected chi connectivity index (χ4v) is 13.7. The van der Waals surface area contributed by atoms with Crippen LogP contribution in [0.2, 0.25) is 29.6 Å². The SMILES string of the molecule is [CH3][Sn]([CH3])([CH3])[c]1ccc2c3c(cc[c]([Sn]([CH3])([CH3])[CH3])c13)CC2. The average Bonchev–Trinajstić information content (AvgIpc) is 2.72. The summed E-state index contributed by atoms with van der Waals surface area (Å²) in [6.45, 7) is 0. The van der Waals surface area contributed by atoms with Crippen LogP contribution in [-0.2, 0) is 12.8 Å². The van der Waals surface area contributed by atoms with E-state index in [1.54, 1.807) is 29.1 Å². The normalized spacial score (nSPS) is 15.1. The summed E-state index contributed by atoms with van der Waals surface area (Å²) in [4.78, 5) is 15.4. The van der Waals surface area contributed by atoms with Crippen LogP contribution in [0.3, 0.4) is 0 Å². The third kappa shape index (κ3) is 2.45. The first-order chi connectivity index (χ1) is 9.19. The quantitative estimate of drug-likeness (QED) is 0.571. The molecule has 0 unspecified atom stereocenters. The topological polar surface area (TPSA) is 0 Å². The zero-order chi connectivity index (χ0) is 14.7. The second kappa shape index (κ2) is 4.90. The molecule has 1 aliphatic carbocycles. The Morgan fingerprint density at radius 3 is 1.35 bits per heavy atom. The Kier molecular flexibility index (Phi) is 3.73. The number of hydrogen-bond acceptors (Lipinski definition) is 0. The first-order valence-electron chi connectivity index (χ1n) is 7.78. The Morgan fingerprint density at radius 1 is 0.600 bits per heavy atom. The minimum atomic E-state index is -2.07. The van der Waals surface area contributed by atoms with E-state index in [0.717, 1.165) is 0 Å². The Balaban J connectivity index is 2.49. The molecule has 106 valence electrons. The van der Waals surface area contributed by atoms with Crippen LogP contribution in [-0.4, -0.2) is 36.8 Å². The Bertz CT molecular complexity index is 628. The Morgan fingerprint density at radius 2 is 1.00 bits per heavy atom. The molecule has 0 spiro atoms. The van der Waals surface area contributed by atoms with Crippen molar-refractivity contribution in [1.29, 1.82) is 0 Å². The summed E-state index contributed by atoms with van der Waals surface area (Å²) in [5.41, 5.74) is 3.23. The molecule has 0 radical (unpaired) electrons. The van der Waals surface area contributed by atoms with Crippen LogP contribution in [0.25, 0.3) is 10.8 Å². The molecule has 2 aromatic rings. The molecular weight excluding hydrogens is 454 g/mol. The fourth-order valence-electron chi connectivity index (χ4n) is 3.58. The average molecular weight is 480 g/mol. The van der Waals surface area contributed by atoms with Crippen LogP contribution in [0.15, 0.2) is 24.3 Å². The molecule has 3 rings (SSSR count). The predicted molar refractivity (Wildman–Crippen MR) is 97.3 cm³/mol. The van der Waals surface area contributed by atoms with Gasteiger partial charge in [-0.25, -0.2) is 0 Å². The Labute approximate surface area is 131 Å². The molecule has 0 amide bonds. The summed E-state index contributed by atoms with van der Waals surface area (Å²) >= 11 is -4.14. The molecule has 0 heterocycles. The van der Waals surface area contributed by atoms with Gasteiger partial charge in [-0.1, -0.05) is 0 Å². The summed E-state index contributed by atoms with van der Waals surface area (Å²) in [6, 6.07) is 9.89. The number of aryl methyl sites for hydroxylation is 2. The molecule has 0 nitrogen and oxygen atoms in total. The molecule has 0 saturated carbocycles. The van der Waals surface area contributed by atoms with Crippen LogP contribution in [0.5, 0.6) is 0 Å². The van der Waals surface area contributed by atoms with E-state index in [1.807, 2.05) is 0 Å². The second-order valence-corrected chi connectivity index (χ2v) is 37.1. The van der Waals surface area contributed by atoms with E-state index in [1.165, 1.54) is 12.8 Å². The van der Waals surface area contributed by atoms with Crippen molar-refractivity contribution in [2.75, 3.05) is 0 Å². The summed E-state index contributed by atoms with van der Waals surface area (Å²) in [7, 11) is 0. The summed E-state index contributed by atoms with van der Waals surface area (Å²) in [5.74, 6) is 0. The van der Waals surface area contributed by atoms with Crippen molar-refractivity contribution < 1.29 is 0 Å². The van der Waals surface area contributed by atoms with Gasteiger partial charge in [-0.05, 0) is 0 Å². The molecule has 0 N–H and O–H groups in total. The molecule has 0 atom stereocenters. The van der Waals surface area contributed by atoms with E-state index in [9.17, 15) is 0 Å². The van der Waals surface area contributed by atoms with E-state index in [0.29, 0.717) is 0 Å². The van der Waals surface area contributed by atoms with Crippen molar-refractivity contribution in [3.63, 3.8) is 0 Å². The van der Waals surface area contributed by atoms with E-state index in [-0.39, 0.29) is 0 Å². The van der Waals surface area contributed by atoms with Gasteiger partial charge >= 0.3 is 133 Å². The number of hydrogen-bond donors (Lipinski definition) is 0. The van der Waals surface area contributed by atoms with E-state index >= 15 is 0 Å². The minimum absolute atomic E-state index is 1.26. The van der Waals surface area contributed by atoms with Gasteiger partial charge in [-0.3, -0.25) is 0 Å². The van der Waals surface area contributed by atoms with Crippen LogP contribution >= 0.6 is 0 Å². The second-order valence-electron chi connectivity index (χ2n) is 8.29. The van der Waals surface area contributed by atoms with Crippen molar-refractivity contribution in [1.82, 2.24) is 0 Å². The van der Waals surface area contributed by atoms with Crippen molar-refractivity contribution in [3.05, 3.63) is 35.4 Å². The van der Waals surface area contributed by atoms with Gasteiger partial charge in [0.2, 0.25) is 0 Å². The Hall–Kier alpha value is 0.297. The zero-order valence-corrected chi connectivity index (χ0v) is 19.4. The molecule has 1 aliphatic rings. The number of rotatable bonds is 2. The van der Waals surface area contributed by atoms with Crippen molar-refractivity contribution >= 4 is 54.7 Å². The third-order valence-electron chi connectivity index (χ3n) is 4.61. The maximum absolute atomic E-state index is 2.57. The van der Waals surface area contributed by atoms with Gasteiger partial charge in [0.05, 0.1) is 0 Å². The van der Waals surface area contributed by atoms with Gasteiger partial charge in [0.1, 0.15) is 0 Å². The fraction of sp³-hybridized carbons (Fsp3) is 0.444. The van der Waals surface area contributed by atoms with Gasteiger partial charge in [0, 0.05) is 0 Å². The van der Waals surface area contributed by atoms with Crippen molar-refractivity contribution in [2.45, 2.75) is 42.5 Å². The van der Waals surface area contributed by atoms with E-state index in [2.05, 4.69) is 53.9 Å². The van der Waals surface area contributed by atoms with E-state index in [4.69, 9.17) is 0 Å². The number of benzene rings is 2. The van der Waals surface area contributed by atoms with E-state index < -0.39 is 36.8 Å². The van der Waals surface area contributed by atoms with Gasteiger partial charge < -0.3 is 0 Å². The summed E-state index contributed by atoms with van der Waals surface area (Å²) in [5, 5.41) is 3.39.